The molecule has 1 N–H and O–H groups in total. The Morgan fingerprint density at radius 2 is 2.10 bits per heavy atom. The largest absolute Gasteiger partial charge is 0.423 e. The second kappa shape index (κ2) is 3.31. The molecule has 0 aromatic carbocycles. The van der Waals surface area contributed by atoms with Crippen LogP contribution >= 0.6 is 0 Å². The number of aliphatic hydroxyl groups excluding tert-OH is 1. The van der Waals surface area contributed by atoms with Gasteiger partial charge in [0.15, 0.2) is 0 Å². The maximum absolute atomic E-state index is 8.52. The molecule has 0 amide bonds. The first-order valence-corrected chi connectivity index (χ1v) is 3.29. The zero-order valence-corrected chi connectivity index (χ0v) is 5.87. The van der Waals surface area contributed by atoms with E-state index in [-0.39, 0.29) is 6.61 Å². The first-order chi connectivity index (χ1) is 4.86. The Balaban J connectivity index is 2.59. The van der Waals surface area contributed by atoms with E-state index < -0.39 is 0 Å². The Hall–Kier alpha value is -0.900. The highest BCUT2D eigenvalue weighted by Crippen LogP contribution is 2.01. The van der Waals surface area contributed by atoms with Crippen molar-refractivity contribution >= 4 is 0 Å². The minimum atomic E-state index is -0.170. The van der Waals surface area contributed by atoms with E-state index in [0.717, 1.165) is 12.8 Å². The second-order valence-electron chi connectivity index (χ2n) is 2.00. The molecule has 0 aliphatic rings. The molecular formula is C6H10N2O2. The van der Waals surface area contributed by atoms with Gasteiger partial charge in [0, 0.05) is 6.42 Å². The van der Waals surface area contributed by atoms with E-state index in [1.807, 2.05) is 6.92 Å². The predicted molar refractivity (Wildman–Crippen MR) is 34.2 cm³/mol. The molecule has 0 atom stereocenters. The van der Waals surface area contributed by atoms with Gasteiger partial charge in [-0.25, -0.2) is 0 Å². The van der Waals surface area contributed by atoms with Crippen molar-refractivity contribution in [2.75, 3.05) is 0 Å². The average Bonchev–Trinajstić information content (AvgIpc) is 2.37. The highest BCUT2D eigenvalue weighted by molar-refractivity contribution is 4.79. The van der Waals surface area contributed by atoms with E-state index in [1.165, 1.54) is 0 Å². The van der Waals surface area contributed by atoms with E-state index in [0.29, 0.717) is 11.8 Å². The van der Waals surface area contributed by atoms with Crippen molar-refractivity contribution in [2.24, 2.45) is 0 Å². The fourth-order valence-corrected chi connectivity index (χ4v) is 0.667. The lowest BCUT2D eigenvalue weighted by molar-refractivity contribution is 0.236. The Bertz CT molecular complexity index is 197. The first-order valence-electron chi connectivity index (χ1n) is 3.29. The summed E-state index contributed by atoms with van der Waals surface area (Å²) in [7, 11) is 0. The molecule has 1 aromatic heterocycles. The summed E-state index contributed by atoms with van der Waals surface area (Å²) in [4.78, 5) is 0. The number of hydrogen-bond acceptors (Lipinski definition) is 4. The maximum atomic E-state index is 8.52. The summed E-state index contributed by atoms with van der Waals surface area (Å²) in [5.74, 6) is 0.898. The van der Waals surface area contributed by atoms with E-state index in [1.54, 1.807) is 0 Å². The van der Waals surface area contributed by atoms with Gasteiger partial charge in [-0.2, -0.15) is 0 Å². The topological polar surface area (TPSA) is 59.2 Å². The molecule has 0 unspecified atom stereocenters. The van der Waals surface area contributed by atoms with Crippen LogP contribution in [0.5, 0.6) is 0 Å². The summed E-state index contributed by atoms with van der Waals surface area (Å²) < 4.78 is 5.00. The minimum Gasteiger partial charge on any atom is -0.423 e. The standard InChI is InChI=1S/C6H10N2O2/c1-2-3-5-7-8-6(4-9)10-5/h9H,2-4H2,1H3. The van der Waals surface area contributed by atoms with Crippen molar-refractivity contribution < 1.29 is 9.52 Å². The lowest BCUT2D eigenvalue weighted by Gasteiger charge is -1.85. The van der Waals surface area contributed by atoms with Gasteiger partial charge in [-0.05, 0) is 6.42 Å². The van der Waals surface area contributed by atoms with Crippen molar-refractivity contribution in [3.63, 3.8) is 0 Å². The summed E-state index contributed by atoms with van der Waals surface area (Å²) in [6.45, 7) is 1.86. The maximum Gasteiger partial charge on any atom is 0.241 e. The van der Waals surface area contributed by atoms with Crippen molar-refractivity contribution in [1.82, 2.24) is 10.2 Å². The van der Waals surface area contributed by atoms with Crippen LogP contribution in [0.15, 0.2) is 4.42 Å². The molecule has 0 fully saturated rings. The molecule has 10 heavy (non-hydrogen) atoms. The number of nitrogens with zero attached hydrogens (tertiary/aromatic N) is 2. The van der Waals surface area contributed by atoms with E-state index >= 15 is 0 Å². The Kier molecular flexibility index (Phi) is 2.39. The Morgan fingerprint density at radius 3 is 2.60 bits per heavy atom. The molecule has 0 aliphatic heterocycles. The number of aryl methyl sites for hydroxylation is 1. The van der Waals surface area contributed by atoms with Crippen LogP contribution in [-0.2, 0) is 13.0 Å². The van der Waals surface area contributed by atoms with E-state index in [9.17, 15) is 0 Å². The average molecular weight is 142 g/mol. The molecule has 0 bridgehead atoms. The van der Waals surface area contributed by atoms with Crippen LogP contribution in [0.25, 0.3) is 0 Å². The fraction of sp³-hybridized carbons (Fsp3) is 0.667. The van der Waals surface area contributed by atoms with Gasteiger partial charge in [0.1, 0.15) is 6.61 Å². The molecule has 1 aromatic rings. The number of aromatic nitrogens is 2. The lowest BCUT2D eigenvalue weighted by atomic mass is 10.3. The van der Waals surface area contributed by atoms with Gasteiger partial charge in [-0.3, -0.25) is 0 Å². The molecular weight excluding hydrogens is 132 g/mol. The number of rotatable bonds is 3. The van der Waals surface area contributed by atoms with Gasteiger partial charge in [-0.15, -0.1) is 10.2 Å². The van der Waals surface area contributed by atoms with E-state index in [4.69, 9.17) is 9.52 Å². The lowest BCUT2D eigenvalue weighted by Crippen LogP contribution is -1.80. The van der Waals surface area contributed by atoms with Crippen molar-refractivity contribution in [3.05, 3.63) is 11.8 Å². The second-order valence-corrected chi connectivity index (χ2v) is 2.00. The Labute approximate surface area is 58.9 Å². The number of aliphatic hydroxyl groups is 1. The van der Waals surface area contributed by atoms with Crippen molar-refractivity contribution in [3.8, 4) is 0 Å². The molecule has 0 radical (unpaired) electrons. The van der Waals surface area contributed by atoms with Gasteiger partial charge in [0.05, 0.1) is 0 Å². The van der Waals surface area contributed by atoms with Gasteiger partial charge in [0.25, 0.3) is 0 Å². The summed E-state index contributed by atoms with van der Waals surface area (Å²) in [6.07, 6.45) is 1.76. The van der Waals surface area contributed by atoms with Crippen LogP contribution in [0.4, 0.5) is 0 Å². The number of hydrogen-bond donors (Lipinski definition) is 1. The summed E-state index contributed by atoms with van der Waals surface area (Å²) >= 11 is 0. The van der Waals surface area contributed by atoms with Crippen LogP contribution in [0.2, 0.25) is 0 Å². The monoisotopic (exact) mass is 142 g/mol. The highest BCUT2D eigenvalue weighted by atomic mass is 16.4. The Morgan fingerprint density at radius 1 is 1.40 bits per heavy atom. The molecule has 4 nitrogen and oxygen atoms in total. The molecule has 4 heteroatoms. The third kappa shape index (κ3) is 1.54. The minimum absolute atomic E-state index is 0.170. The van der Waals surface area contributed by atoms with E-state index in [2.05, 4.69) is 10.2 Å². The molecule has 1 heterocycles. The van der Waals surface area contributed by atoms with Gasteiger partial charge >= 0.3 is 0 Å². The molecule has 0 saturated carbocycles. The zero-order chi connectivity index (χ0) is 7.40. The molecule has 0 spiro atoms. The highest BCUT2D eigenvalue weighted by Gasteiger charge is 2.01. The zero-order valence-electron chi connectivity index (χ0n) is 5.87. The first kappa shape index (κ1) is 7.21. The van der Waals surface area contributed by atoms with Gasteiger partial charge in [0.2, 0.25) is 11.8 Å². The SMILES string of the molecule is CCCc1nnc(CO)o1. The van der Waals surface area contributed by atoms with Crippen molar-refractivity contribution in [1.29, 1.82) is 0 Å². The van der Waals surface area contributed by atoms with Crippen LogP contribution in [-0.4, -0.2) is 15.3 Å². The normalized spacial score (nSPS) is 10.2. The molecule has 0 aliphatic carbocycles. The van der Waals surface area contributed by atoms with Crippen LogP contribution in [0.1, 0.15) is 25.1 Å². The van der Waals surface area contributed by atoms with Crippen LogP contribution in [0.3, 0.4) is 0 Å². The smallest absolute Gasteiger partial charge is 0.241 e. The molecule has 1 rings (SSSR count). The fourth-order valence-electron chi connectivity index (χ4n) is 0.667. The van der Waals surface area contributed by atoms with Gasteiger partial charge in [-0.1, -0.05) is 6.92 Å². The predicted octanol–water partition coefficient (Wildman–Crippen LogP) is 0.514. The summed E-state index contributed by atoms with van der Waals surface area (Å²) in [5.41, 5.74) is 0. The van der Waals surface area contributed by atoms with Crippen LogP contribution < -0.4 is 0 Å². The third-order valence-electron chi connectivity index (χ3n) is 1.11. The quantitative estimate of drug-likeness (QED) is 0.668. The van der Waals surface area contributed by atoms with Crippen molar-refractivity contribution in [2.45, 2.75) is 26.4 Å². The van der Waals surface area contributed by atoms with Gasteiger partial charge < -0.3 is 9.52 Å². The van der Waals surface area contributed by atoms with Crippen LogP contribution in [0, 0.1) is 0 Å². The summed E-state index contributed by atoms with van der Waals surface area (Å²) in [6, 6.07) is 0. The molecule has 0 saturated heterocycles. The third-order valence-corrected chi connectivity index (χ3v) is 1.11. The summed E-state index contributed by atoms with van der Waals surface area (Å²) in [5, 5.41) is 15.8. The molecule has 56 valence electrons.